The summed E-state index contributed by atoms with van der Waals surface area (Å²) < 4.78 is 0. The first-order valence-corrected chi connectivity index (χ1v) is 6.55. The van der Waals surface area contributed by atoms with Crippen LogP contribution in [-0.2, 0) is 4.79 Å². The molecule has 0 spiro atoms. The van der Waals surface area contributed by atoms with Crippen molar-refractivity contribution in [2.45, 2.75) is 13.3 Å². The molecule has 0 aliphatic heterocycles. The van der Waals surface area contributed by atoms with Crippen molar-refractivity contribution in [3.05, 3.63) is 53.9 Å². The van der Waals surface area contributed by atoms with E-state index in [-0.39, 0.29) is 11.8 Å². The number of anilines is 1. The monoisotopic (exact) mass is 284 g/mol. The van der Waals surface area contributed by atoms with E-state index in [2.05, 4.69) is 20.8 Å². The van der Waals surface area contributed by atoms with E-state index in [1.165, 1.54) is 6.21 Å². The van der Waals surface area contributed by atoms with Crippen molar-refractivity contribution < 1.29 is 9.59 Å². The zero-order chi connectivity index (χ0) is 15.1. The maximum absolute atomic E-state index is 11.8. The van der Waals surface area contributed by atoms with E-state index >= 15 is 0 Å². The Hall–Kier alpha value is -2.89. The molecule has 6 nitrogen and oxygen atoms in total. The highest BCUT2D eigenvalue weighted by Crippen LogP contribution is 2.09. The number of H-pyrrole nitrogens is 1. The zero-order valence-electron chi connectivity index (χ0n) is 11.6. The molecule has 108 valence electrons. The second kappa shape index (κ2) is 7.04. The Morgan fingerprint density at radius 1 is 1.24 bits per heavy atom. The summed E-state index contributed by atoms with van der Waals surface area (Å²) in [5.74, 6) is -0.381. The molecule has 21 heavy (non-hydrogen) atoms. The Labute approximate surface area is 122 Å². The Morgan fingerprint density at radius 3 is 2.62 bits per heavy atom. The van der Waals surface area contributed by atoms with E-state index in [1.807, 2.05) is 12.1 Å². The minimum Gasteiger partial charge on any atom is -0.360 e. The minimum atomic E-state index is -0.314. The largest absolute Gasteiger partial charge is 0.360 e. The molecule has 6 heteroatoms. The van der Waals surface area contributed by atoms with Crippen LogP contribution in [-0.4, -0.2) is 23.0 Å². The van der Waals surface area contributed by atoms with Crippen LogP contribution in [0.15, 0.2) is 47.7 Å². The first-order valence-electron chi connectivity index (χ1n) is 6.55. The molecule has 0 aliphatic rings. The molecule has 0 unspecified atom stereocenters. The van der Waals surface area contributed by atoms with Crippen LogP contribution in [0.1, 0.15) is 29.4 Å². The van der Waals surface area contributed by atoms with Crippen LogP contribution < -0.4 is 10.7 Å². The van der Waals surface area contributed by atoms with E-state index < -0.39 is 0 Å². The number of aromatic nitrogens is 1. The summed E-state index contributed by atoms with van der Waals surface area (Å²) in [6.45, 7) is 1.78. The zero-order valence-corrected chi connectivity index (χ0v) is 11.6. The van der Waals surface area contributed by atoms with Gasteiger partial charge in [-0.3, -0.25) is 9.59 Å². The van der Waals surface area contributed by atoms with E-state index in [9.17, 15) is 9.59 Å². The highest BCUT2D eigenvalue weighted by atomic mass is 16.2. The molecule has 0 aliphatic carbocycles. The van der Waals surface area contributed by atoms with Crippen LogP contribution in [0.25, 0.3) is 0 Å². The van der Waals surface area contributed by atoms with Gasteiger partial charge < -0.3 is 10.3 Å². The van der Waals surface area contributed by atoms with Crippen molar-refractivity contribution in [1.82, 2.24) is 10.4 Å². The van der Waals surface area contributed by atoms with Crippen molar-refractivity contribution in [2.24, 2.45) is 5.10 Å². The van der Waals surface area contributed by atoms with Crippen LogP contribution in [0.2, 0.25) is 0 Å². The number of amides is 2. The van der Waals surface area contributed by atoms with Crippen molar-refractivity contribution in [2.75, 3.05) is 5.32 Å². The molecule has 1 aromatic heterocycles. The van der Waals surface area contributed by atoms with Crippen LogP contribution >= 0.6 is 0 Å². The van der Waals surface area contributed by atoms with Gasteiger partial charge in [0.05, 0.1) is 11.9 Å². The number of hydrogen-bond acceptors (Lipinski definition) is 3. The lowest BCUT2D eigenvalue weighted by Gasteiger charge is -2.04. The van der Waals surface area contributed by atoms with E-state index in [0.717, 1.165) is 5.69 Å². The summed E-state index contributed by atoms with van der Waals surface area (Å²) in [5, 5.41) is 6.56. The van der Waals surface area contributed by atoms with E-state index in [0.29, 0.717) is 17.7 Å². The third-order valence-corrected chi connectivity index (χ3v) is 2.74. The number of carbonyl (C=O) groups is 2. The number of benzene rings is 1. The van der Waals surface area contributed by atoms with Gasteiger partial charge >= 0.3 is 0 Å². The summed E-state index contributed by atoms with van der Waals surface area (Å²) in [6, 6.07) is 10.3. The number of hydrazone groups is 1. The van der Waals surface area contributed by atoms with Crippen LogP contribution in [0.5, 0.6) is 0 Å². The summed E-state index contributed by atoms with van der Waals surface area (Å²) in [6.07, 6.45) is 3.70. The molecule has 1 heterocycles. The fraction of sp³-hybridized carbons (Fsp3) is 0.133. The number of nitrogens with zero attached hydrogens (tertiary/aromatic N) is 1. The van der Waals surface area contributed by atoms with Crippen molar-refractivity contribution in [1.29, 1.82) is 0 Å². The number of hydrogen-bond donors (Lipinski definition) is 3. The first-order chi connectivity index (χ1) is 10.2. The second-order valence-electron chi connectivity index (χ2n) is 4.30. The summed E-state index contributed by atoms with van der Waals surface area (Å²) in [5.41, 5.74) is 4.36. The SMILES string of the molecule is CCC(=O)Nc1ccc(C(=O)N/N=C/c2ccc[nH]2)cc1. The lowest BCUT2D eigenvalue weighted by Crippen LogP contribution is -2.17. The Balaban J connectivity index is 1.92. The number of aromatic amines is 1. The second-order valence-corrected chi connectivity index (χ2v) is 4.30. The number of rotatable bonds is 5. The molecule has 0 atom stereocenters. The first kappa shape index (κ1) is 14.5. The number of nitrogens with one attached hydrogen (secondary N) is 3. The van der Waals surface area contributed by atoms with E-state index in [1.54, 1.807) is 37.4 Å². The van der Waals surface area contributed by atoms with Gasteiger partial charge in [0.25, 0.3) is 5.91 Å². The summed E-state index contributed by atoms with van der Waals surface area (Å²) in [7, 11) is 0. The molecule has 1 aromatic carbocycles. The highest BCUT2D eigenvalue weighted by Gasteiger charge is 2.05. The van der Waals surface area contributed by atoms with Crippen molar-refractivity contribution >= 4 is 23.7 Å². The standard InChI is InChI=1S/C15H16N4O2/c1-2-14(20)18-12-7-5-11(6-8-12)15(21)19-17-10-13-4-3-9-16-13/h3-10,16H,2H2,1H3,(H,18,20)(H,19,21)/b17-10+. The Morgan fingerprint density at radius 2 is 2.00 bits per heavy atom. The normalized spacial score (nSPS) is 10.5. The molecule has 2 aromatic rings. The fourth-order valence-corrected chi connectivity index (χ4v) is 1.60. The quantitative estimate of drug-likeness (QED) is 0.580. The number of carbonyl (C=O) groups excluding carboxylic acids is 2. The van der Waals surface area contributed by atoms with Crippen LogP contribution in [0.3, 0.4) is 0 Å². The van der Waals surface area contributed by atoms with Gasteiger partial charge in [0, 0.05) is 23.9 Å². The predicted molar refractivity (Wildman–Crippen MR) is 81.2 cm³/mol. The highest BCUT2D eigenvalue weighted by molar-refractivity contribution is 5.96. The van der Waals surface area contributed by atoms with Gasteiger partial charge in [0.1, 0.15) is 0 Å². The van der Waals surface area contributed by atoms with Gasteiger partial charge in [-0.2, -0.15) is 5.10 Å². The molecular weight excluding hydrogens is 268 g/mol. The third-order valence-electron chi connectivity index (χ3n) is 2.74. The molecule has 0 fully saturated rings. The molecule has 2 amide bonds. The van der Waals surface area contributed by atoms with Crippen LogP contribution in [0, 0.1) is 0 Å². The minimum absolute atomic E-state index is 0.0669. The fourth-order valence-electron chi connectivity index (χ4n) is 1.60. The lowest BCUT2D eigenvalue weighted by atomic mass is 10.2. The summed E-state index contributed by atoms with van der Waals surface area (Å²) in [4.78, 5) is 26.0. The van der Waals surface area contributed by atoms with Gasteiger partial charge in [-0.15, -0.1) is 0 Å². The molecule has 2 rings (SSSR count). The molecule has 0 saturated heterocycles. The average molecular weight is 284 g/mol. The van der Waals surface area contributed by atoms with Gasteiger partial charge in [-0.05, 0) is 36.4 Å². The van der Waals surface area contributed by atoms with Gasteiger partial charge in [0.15, 0.2) is 0 Å². The third kappa shape index (κ3) is 4.31. The maximum atomic E-state index is 11.8. The molecule has 0 saturated carbocycles. The smallest absolute Gasteiger partial charge is 0.271 e. The van der Waals surface area contributed by atoms with E-state index in [4.69, 9.17) is 0 Å². The predicted octanol–water partition coefficient (Wildman–Crippen LogP) is 2.13. The topological polar surface area (TPSA) is 86.3 Å². The Kier molecular flexibility index (Phi) is 4.87. The van der Waals surface area contributed by atoms with Gasteiger partial charge in [-0.25, -0.2) is 5.43 Å². The lowest BCUT2D eigenvalue weighted by molar-refractivity contribution is -0.115. The molecule has 3 N–H and O–H groups in total. The van der Waals surface area contributed by atoms with Crippen molar-refractivity contribution in [3.63, 3.8) is 0 Å². The average Bonchev–Trinajstić information content (AvgIpc) is 3.01. The van der Waals surface area contributed by atoms with Gasteiger partial charge in [0.2, 0.25) is 5.91 Å². The molecular formula is C15H16N4O2. The van der Waals surface area contributed by atoms with Crippen LogP contribution in [0.4, 0.5) is 5.69 Å². The Bertz CT molecular complexity index is 630. The maximum Gasteiger partial charge on any atom is 0.271 e. The molecule has 0 bridgehead atoms. The summed E-state index contributed by atoms with van der Waals surface area (Å²) >= 11 is 0. The van der Waals surface area contributed by atoms with Crippen molar-refractivity contribution in [3.8, 4) is 0 Å². The van der Waals surface area contributed by atoms with Gasteiger partial charge in [-0.1, -0.05) is 6.92 Å². The molecule has 0 radical (unpaired) electrons.